The van der Waals surface area contributed by atoms with E-state index in [0.29, 0.717) is 19.4 Å². The normalized spacial score (nSPS) is 11.9. The first-order valence-corrected chi connectivity index (χ1v) is 7.58. The summed E-state index contributed by atoms with van der Waals surface area (Å²) in [7, 11) is 0. The second-order valence-corrected chi connectivity index (χ2v) is 5.72. The number of esters is 1. The van der Waals surface area contributed by atoms with Gasteiger partial charge in [0.05, 0.1) is 13.2 Å². The van der Waals surface area contributed by atoms with Crippen LogP contribution in [0.1, 0.15) is 26.2 Å². The molecule has 0 aromatic carbocycles. The topological polar surface area (TPSA) is 76.0 Å². The van der Waals surface area contributed by atoms with Crippen LogP contribution < -0.4 is 0 Å². The Morgan fingerprint density at radius 1 is 1.31 bits per heavy atom. The summed E-state index contributed by atoms with van der Waals surface area (Å²) in [5, 5.41) is 0. The Kier molecular flexibility index (Phi) is 8.70. The van der Waals surface area contributed by atoms with Crippen LogP contribution >= 0.6 is 6.72 Å². The standard InChI is InChI=1S/C9H17O5PS/c1-2-6-9(10)13-7-4-3-5-8-14-15(11,12)16/h2,6H,3-5,7-8H2,1H3,(H2,11,12,16). The fraction of sp³-hybridized carbons (Fsp3) is 0.667. The van der Waals surface area contributed by atoms with Crippen molar-refractivity contribution in [2.24, 2.45) is 0 Å². The van der Waals surface area contributed by atoms with Gasteiger partial charge in [-0.3, -0.25) is 0 Å². The van der Waals surface area contributed by atoms with Gasteiger partial charge in [0.25, 0.3) is 0 Å². The van der Waals surface area contributed by atoms with E-state index in [1.54, 1.807) is 13.0 Å². The second kappa shape index (κ2) is 8.84. The molecular formula is C9H17O5PS. The molecule has 0 amide bonds. The second-order valence-electron chi connectivity index (χ2n) is 3.05. The molecule has 0 atom stereocenters. The van der Waals surface area contributed by atoms with Crippen molar-refractivity contribution in [2.75, 3.05) is 13.2 Å². The molecule has 0 aliphatic carbocycles. The van der Waals surface area contributed by atoms with Crippen molar-refractivity contribution < 1.29 is 23.8 Å². The van der Waals surface area contributed by atoms with E-state index in [0.717, 1.165) is 6.42 Å². The Morgan fingerprint density at radius 3 is 2.50 bits per heavy atom. The van der Waals surface area contributed by atoms with Crippen LogP contribution in [0.5, 0.6) is 0 Å². The van der Waals surface area contributed by atoms with Gasteiger partial charge in [-0.1, -0.05) is 6.08 Å². The Balaban J connectivity index is 3.28. The molecule has 2 N–H and O–H groups in total. The average molecular weight is 268 g/mol. The summed E-state index contributed by atoms with van der Waals surface area (Å²) >= 11 is 4.27. The maximum absolute atomic E-state index is 10.9. The smallest absolute Gasteiger partial charge is 0.330 e. The van der Waals surface area contributed by atoms with Crippen LogP contribution in [-0.2, 0) is 25.9 Å². The van der Waals surface area contributed by atoms with Gasteiger partial charge in [0.2, 0.25) is 0 Å². The van der Waals surface area contributed by atoms with Gasteiger partial charge in [0, 0.05) is 6.08 Å². The van der Waals surface area contributed by atoms with E-state index in [4.69, 9.17) is 14.5 Å². The highest BCUT2D eigenvalue weighted by Crippen LogP contribution is 2.36. The lowest BCUT2D eigenvalue weighted by molar-refractivity contribution is -0.137. The van der Waals surface area contributed by atoms with Crippen molar-refractivity contribution in [3.8, 4) is 0 Å². The molecule has 0 saturated heterocycles. The molecule has 5 nitrogen and oxygen atoms in total. The van der Waals surface area contributed by atoms with Crippen molar-refractivity contribution in [3.05, 3.63) is 12.2 Å². The van der Waals surface area contributed by atoms with Gasteiger partial charge in [-0.05, 0) is 38.0 Å². The summed E-state index contributed by atoms with van der Waals surface area (Å²) in [5.41, 5.74) is 0. The lowest BCUT2D eigenvalue weighted by atomic mass is 10.2. The van der Waals surface area contributed by atoms with Crippen molar-refractivity contribution in [2.45, 2.75) is 26.2 Å². The van der Waals surface area contributed by atoms with Crippen LogP contribution in [0, 0.1) is 0 Å². The number of unbranched alkanes of at least 4 members (excludes halogenated alkanes) is 2. The highest BCUT2D eigenvalue weighted by atomic mass is 32.5. The van der Waals surface area contributed by atoms with E-state index in [2.05, 4.69) is 16.3 Å². The van der Waals surface area contributed by atoms with E-state index in [1.807, 2.05) is 0 Å². The number of rotatable bonds is 8. The minimum Gasteiger partial charge on any atom is -0.463 e. The van der Waals surface area contributed by atoms with Crippen LogP contribution in [0.15, 0.2) is 12.2 Å². The summed E-state index contributed by atoms with van der Waals surface area (Å²) in [4.78, 5) is 28.3. The van der Waals surface area contributed by atoms with Crippen molar-refractivity contribution in [1.82, 2.24) is 0 Å². The summed E-state index contributed by atoms with van der Waals surface area (Å²) in [5.74, 6) is -0.347. The Labute approximate surface area is 100 Å². The molecule has 0 unspecified atom stereocenters. The van der Waals surface area contributed by atoms with Gasteiger partial charge in [-0.15, -0.1) is 0 Å². The monoisotopic (exact) mass is 268 g/mol. The predicted molar refractivity (Wildman–Crippen MR) is 64.3 cm³/mol. The molecule has 0 aliphatic heterocycles. The molecule has 0 aromatic heterocycles. The van der Waals surface area contributed by atoms with Crippen LogP contribution in [-0.4, -0.2) is 29.0 Å². The highest BCUT2D eigenvalue weighted by molar-refractivity contribution is 8.06. The lowest BCUT2D eigenvalue weighted by Crippen LogP contribution is -2.02. The summed E-state index contributed by atoms with van der Waals surface area (Å²) in [6.07, 6.45) is 5.12. The first-order valence-electron chi connectivity index (χ1n) is 4.95. The Hall–Kier alpha value is -0.260. The van der Waals surface area contributed by atoms with Gasteiger partial charge in [-0.25, -0.2) is 4.79 Å². The molecule has 0 heterocycles. The number of carbonyl (C=O) groups excluding carboxylic acids is 1. The van der Waals surface area contributed by atoms with Crippen LogP contribution in [0.25, 0.3) is 0 Å². The SMILES string of the molecule is CC=CC(=O)OCCCCCOP(O)(O)=S. The summed E-state index contributed by atoms with van der Waals surface area (Å²) < 4.78 is 9.46. The summed E-state index contributed by atoms with van der Waals surface area (Å²) in [6, 6.07) is 0. The molecule has 0 aliphatic rings. The first kappa shape index (κ1) is 15.7. The summed E-state index contributed by atoms with van der Waals surface area (Å²) in [6.45, 7) is -1.19. The molecule has 0 spiro atoms. The minimum atomic E-state index is -3.51. The number of ether oxygens (including phenoxy) is 1. The zero-order valence-corrected chi connectivity index (χ0v) is 10.9. The van der Waals surface area contributed by atoms with Gasteiger partial charge in [0.15, 0.2) is 0 Å². The third kappa shape index (κ3) is 11.8. The van der Waals surface area contributed by atoms with E-state index >= 15 is 0 Å². The van der Waals surface area contributed by atoms with Gasteiger partial charge in [0.1, 0.15) is 0 Å². The van der Waals surface area contributed by atoms with Gasteiger partial charge < -0.3 is 19.0 Å². The molecule has 0 fully saturated rings. The highest BCUT2D eigenvalue weighted by Gasteiger charge is 2.06. The van der Waals surface area contributed by atoms with Crippen molar-refractivity contribution >= 4 is 24.5 Å². The molecule has 0 bridgehead atoms. The predicted octanol–water partition coefficient (Wildman–Crippen LogP) is 1.50. The number of hydrogen-bond donors (Lipinski definition) is 2. The molecule has 0 rings (SSSR count). The largest absolute Gasteiger partial charge is 0.463 e. The Bertz CT molecular complexity index is 273. The molecular weight excluding hydrogens is 251 g/mol. The maximum atomic E-state index is 10.9. The molecule has 0 radical (unpaired) electrons. The zero-order chi connectivity index (χ0) is 12.4. The third-order valence-corrected chi connectivity index (χ3v) is 2.43. The van der Waals surface area contributed by atoms with Crippen molar-refractivity contribution in [3.63, 3.8) is 0 Å². The molecule has 16 heavy (non-hydrogen) atoms. The van der Waals surface area contributed by atoms with Gasteiger partial charge in [-0.2, -0.15) is 0 Å². The molecule has 7 heteroatoms. The van der Waals surface area contributed by atoms with Crippen molar-refractivity contribution in [1.29, 1.82) is 0 Å². The number of allylic oxidation sites excluding steroid dienone is 1. The number of hydrogen-bond acceptors (Lipinski definition) is 4. The molecule has 0 saturated carbocycles. The molecule has 0 aromatic rings. The van der Waals surface area contributed by atoms with Gasteiger partial charge >= 0.3 is 12.7 Å². The third-order valence-electron chi connectivity index (χ3n) is 1.60. The average Bonchev–Trinajstić information content (AvgIpc) is 2.15. The number of carbonyl (C=O) groups is 1. The Morgan fingerprint density at radius 2 is 1.94 bits per heavy atom. The van der Waals surface area contributed by atoms with E-state index in [9.17, 15) is 4.79 Å². The van der Waals surface area contributed by atoms with E-state index in [1.165, 1.54) is 6.08 Å². The van der Waals surface area contributed by atoms with Crippen LogP contribution in [0.2, 0.25) is 0 Å². The van der Waals surface area contributed by atoms with Crippen LogP contribution in [0.3, 0.4) is 0 Å². The fourth-order valence-corrected chi connectivity index (χ4v) is 1.51. The lowest BCUT2D eigenvalue weighted by Gasteiger charge is -2.07. The van der Waals surface area contributed by atoms with E-state index in [-0.39, 0.29) is 12.6 Å². The first-order chi connectivity index (χ1) is 7.45. The quantitative estimate of drug-likeness (QED) is 0.301. The zero-order valence-electron chi connectivity index (χ0n) is 9.16. The molecule has 94 valence electrons. The fourth-order valence-electron chi connectivity index (χ4n) is 0.921. The minimum absolute atomic E-state index is 0.215. The maximum Gasteiger partial charge on any atom is 0.330 e. The van der Waals surface area contributed by atoms with Crippen LogP contribution in [0.4, 0.5) is 0 Å². The van der Waals surface area contributed by atoms with E-state index < -0.39 is 6.72 Å².